The number of sulfone groups is 1. The third-order valence-corrected chi connectivity index (χ3v) is 6.61. The second-order valence-electron chi connectivity index (χ2n) is 7.65. The highest BCUT2D eigenvalue weighted by atomic mass is 32.2. The maximum atomic E-state index is 12.2. The third-order valence-electron chi connectivity index (χ3n) is 4.91. The molecule has 1 N–H and O–H groups in total. The molecule has 1 aliphatic rings. The van der Waals surface area contributed by atoms with E-state index in [1.54, 1.807) is 12.1 Å². The second-order valence-corrected chi connectivity index (χ2v) is 9.76. The second kappa shape index (κ2) is 10.2. The van der Waals surface area contributed by atoms with Crippen LogP contribution in [-0.2, 0) is 14.6 Å². The number of nitrogens with zero attached hydrogens (tertiary/aromatic N) is 1. The lowest BCUT2D eigenvalue weighted by molar-refractivity contribution is 0.0947. The van der Waals surface area contributed by atoms with Crippen LogP contribution in [-0.4, -0.2) is 64.9 Å². The summed E-state index contributed by atoms with van der Waals surface area (Å²) >= 11 is 0. The third kappa shape index (κ3) is 6.90. The van der Waals surface area contributed by atoms with E-state index >= 15 is 0 Å². The molecule has 2 rings (SSSR count). The van der Waals surface area contributed by atoms with Crippen LogP contribution in [0.3, 0.4) is 0 Å². The van der Waals surface area contributed by atoms with E-state index < -0.39 is 9.84 Å². The smallest absolute Gasteiger partial charge is 0.251 e. The van der Waals surface area contributed by atoms with Crippen LogP contribution in [0.15, 0.2) is 29.2 Å². The molecule has 1 aromatic rings. The average Bonchev–Trinajstić information content (AvgIpc) is 2.63. The zero-order valence-corrected chi connectivity index (χ0v) is 17.4. The molecule has 1 aliphatic heterocycles. The number of hydrogen-bond donors (Lipinski definition) is 1. The number of amides is 1. The topological polar surface area (TPSA) is 75.7 Å². The molecular formula is C20H32N2O4S. The summed E-state index contributed by atoms with van der Waals surface area (Å²) in [7, 11) is -1.90. The summed E-state index contributed by atoms with van der Waals surface area (Å²) in [6.07, 6.45) is 2.21. The number of piperidine rings is 1. The molecule has 1 aromatic carbocycles. The first-order valence-corrected chi connectivity index (χ1v) is 11.3. The fourth-order valence-electron chi connectivity index (χ4n) is 3.71. The molecule has 152 valence electrons. The standard InChI is InChI=1S/C20H32N2O4S/c1-16-13-17(2)15-22(14-16)10-4-9-21-20(23)18-5-7-19(8-6-18)27(24,25)12-11-26-3/h5-8,16-17H,4,9-15H2,1-3H3,(H,21,23). The number of rotatable bonds is 9. The number of methoxy groups -OCH3 is 1. The lowest BCUT2D eigenvalue weighted by Gasteiger charge is -2.34. The van der Waals surface area contributed by atoms with Gasteiger partial charge in [-0.2, -0.15) is 0 Å². The van der Waals surface area contributed by atoms with Crippen LogP contribution >= 0.6 is 0 Å². The van der Waals surface area contributed by atoms with Crippen LogP contribution < -0.4 is 5.32 Å². The van der Waals surface area contributed by atoms with Crippen molar-refractivity contribution in [3.63, 3.8) is 0 Å². The zero-order chi connectivity index (χ0) is 19.9. The van der Waals surface area contributed by atoms with Crippen molar-refractivity contribution in [3.8, 4) is 0 Å². The van der Waals surface area contributed by atoms with Crippen molar-refractivity contribution in [1.29, 1.82) is 0 Å². The predicted molar refractivity (Wildman–Crippen MR) is 107 cm³/mol. The Bertz CT molecular complexity index is 693. The van der Waals surface area contributed by atoms with Crippen molar-refractivity contribution >= 4 is 15.7 Å². The van der Waals surface area contributed by atoms with Gasteiger partial charge in [-0.25, -0.2) is 8.42 Å². The molecule has 0 saturated carbocycles. The van der Waals surface area contributed by atoms with E-state index in [1.165, 1.54) is 25.7 Å². The number of benzene rings is 1. The summed E-state index contributed by atoms with van der Waals surface area (Å²) in [5.41, 5.74) is 0.473. The highest BCUT2D eigenvalue weighted by molar-refractivity contribution is 7.91. The molecule has 2 unspecified atom stereocenters. The highest BCUT2D eigenvalue weighted by Gasteiger charge is 2.21. The Balaban J connectivity index is 1.77. The lowest BCUT2D eigenvalue weighted by atomic mass is 9.92. The minimum atomic E-state index is -3.37. The Labute approximate surface area is 163 Å². The van der Waals surface area contributed by atoms with Crippen LogP contribution in [0.4, 0.5) is 0 Å². The van der Waals surface area contributed by atoms with Crippen molar-refractivity contribution in [1.82, 2.24) is 10.2 Å². The van der Waals surface area contributed by atoms with E-state index in [4.69, 9.17) is 4.74 Å². The number of carbonyl (C=O) groups is 1. The summed E-state index contributed by atoms with van der Waals surface area (Å²) < 4.78 is 29.0. The Morgan fingerprint density at radius 1 is 1.19 bits per heavy atom. The van der Waals surface area contributed by atoms with Gasteiger partial charge >= 0.3 is 0 Å². The molecule has 1 saturated heterocycles. The first kappa shape index (κ1) is 21.9. The number of nitrogens with one attached hydrogen (secondary N) is 1. The van der Waals surface area contributed by atoms with Gasteiger partial charge in [0.15, 0.2) is 9.84 Å². The Morgan fingerprint density at radius 2 is 1.81 bits per heavy atom. The molecule has 1 heterocycles. The first-order chi connectivity index (χ1) is 12.8. The quantitative estimate of drug-likeness (QED) is 0.648. The summed E-state index contributed by atoms with van der Waals surface area (Å²) in [5.74, 6) is 1.24. The molecule has 1 fully saturated rings. The fraction of sp³-hybridized carbons (Fsp3) is 0.650. The predicted octanol–water partition coefficient (Wildman–Crippen LogP) is 2.20. The van der Waals surface area contributed by atoms with Gasteiger partial charge in [0.2, 0.25) is 0 Å². The highest BCUT2D eigenvalue weighted by Crippen LogP contribution is 2.20. The summed E-state index contributed by atoms with van der Waals surface area (Å²) in [5, 5.41) is 2.92. The zero-order valence-electron chi connectivity index (χ0n) is 16.6. The Kier molecular flexibility index (Phi) is 8.26. The van der Waals surface area contributed by atoms with Gasteiger partial charge in [0.25, 0.3) is 5.91 Å². The van der Waals surface area contributed by atoms with Crippen molar-refractivity contribution in [2.45, 2.75) is 31.6 Å². The van der Waals surface area contributed by atoms with Crippen LogP contribution in [0.25, 0.3) is 0 Å². The molecule has 7 heteroatoms. The number of likely N-dealkylation sites (tertiary alicyclic amines) is 1. The molecule has 0 aromatic heterocycles. The SMILES string of the molecule is COCCS(=O)(=O)c1ccc(C(=O)NCCCN2CC(C)CC(C)C2)cc1. The Morgan fingerprint density at radius 3 is 2.41 bits per heavy atom. The van der Waals surface area contributed by atoms with Crippen LogP contribution in [0.1, 0.15) is 37.0 Å². The van der Waals surface area contributed by atoms with E-state index in [0.29, 0.717) is 12.1 Å². The van der Waals surface area contributed by atoms with Gasteiger partial charge in [-0.1, -0.05) is 13.8 Å². The average molecular weight is 397 g/mol. The summed E-state index contributed by atoms with van der Waals surface area (Å²) in [6.45, 7) is 8.62. The van der Waals surface area contributed by atoms with Crippen LogP contribution in [0, 0.1) is 11.8 Å². The number of carbonyl (C=O) groups excluding carboxylic acids is 1. The summed E-state index contributed by atoms with van der Waals surface area (Å²) in [4.78, 5) is 14.9. The van der Waals surface area contributed by atoms with Gasteiger partial charge in [-0.3, -0.25) is 4.79 Å². The van der Waals surface area contributed by atoms with E-state index in [-0.39, 0.29) is 23.2 Å². The fourth-order valence-corrected chi connectivity index (χ4v) is 4.88. The normalized spacial score (nSPS) is 21.1. The van der Waals surface area contributed by atoms with Crippen molar-refractivity contribution in [3.05, 3.63) is 29.8 Å². The van der Waals surface area contributed by atoms with Gasteiger partial charge in [-0.05, 0) is 55.5 Å². The molecular weight excluding hydrogens is 364 g/mol. The van der Waals surface area contributed by atoms with E-state index in [2.05, 4.69) is 24.1 Å². The van der Waals surface area contributed by atoms with Gasteiger partial charge in [0, 0.05) is 32.3 Å². The first-order valence-electron chi connectivity index (χ1n) is 9.64. The van der Waals surface area contributed by atoms with E-state index in [0.717, 1.165) is 37.9 Å². The molecule has 6 nitrogen and oxygen atoms in total. The maximum absolute atomic E-state index is 12.2. The number of hydrogen-bond acceptors (Lipinski definition) is 5. The van der Waals surface area contributed by atoms with Gasteiger partial charge in [0.1, 0.15) is 0 Å². The molecule has 0 spiro atoms. The van der Waals surface area contributed by atoms with Crippen molar-refractivity contribution in [2.24, 2.45) is 11.8 Å². The molecule has 27 heavy (non-hydrogen) atoms. The molecule has 0 radical (unpaired) electrons. The lowest BCUT2D eigenvalue weighted by Crippen LogP contribution is -2.40. The largest absolute Gasteiger partial charge is 0.384 e. The molecule has 1 amide bonds. The molecule has 0 bridgehead atoms. The molecule has 0 aliphatic carbocycles. The number of ether oxygens (including phenoxy) is 1. The summed E-state index contributed by atoms with van der Waals surface area (Å²) in [6, 6.07) is 6.08. The van der Waals surface area contributed by atoms with Gasteiger partial charge in [0.05, 0.1) is 17.3 Å². The minimum absolute atomic E-state index is 0.0667. The maximum Gasteiger partial charge on any atom is 0.251 e. The van der Waals surface area contributed by atoms with Crippen molar-refractivity contribution in [2.75, 3.05) is 45.6 Å². The molecule has 2 atom stereocenters. The van der Waals surface area contributed by atoms with Crippen LogP contribution in [0.2, 0.25) is 0 Å². The van der Waals surface area contributed by atoms with E-state index in [1.807, 2.05) is 0 Å². The van der Waals surface area contributed by atoms with Crippen LogP contribution in [0.5, 0.6) is 0 Å². The minimum Gasteiger partial charge on any atom is -0.384 e. The van der Waals surface area contributed by atoms with Gasteiger partial charge < -0.3 is 15.0 Å². The monoisotopic (exact) mass is 396 g/mol. The van der Waals surface area contributed by atoms with E-state index in [9.17, 15) is 13.2 Å². The van der Waals surface area contributed by atoms with Gasteiger partial charge in [-0.15, -0.1) is 0 Å². The Hall–Kier alpha value is -1.44. The van der Waals surface area contributed by atoms with Crippen molar-refractivity contribution < 1.29 is 17.9 Å².